The van der Waals surface area contributed by atoms with Crippen molar-refractivity contribution in [2.24, 2.45) is 5.73 Å². The number of nitrogens with two attached hydrogens (primary N) is 1. The third-order valence-corrected chi connectivity index (χ3v) is 3.37. The van der Waals surface area contributed by atoms with Crippen LogP contribution in [0, 0.1) is 12.7 Å². The van der Waals surface area contributed by atoms with Gasteiger partial charge in [0, 0.05) is 11.6 Å². The first kappa shape index (κ1) is 15.3. The van der Waals surface area contributed by atoms with E-state index < -0.39 is 0 Å². The van der Waals surface area contributed by atoms with Gasteiger partial charge in [0.15, 0.2) is 11.6 Å². The Morgan fingerprint density at radius 2 is 1.95 bits per heavy atom. The molecule has 0 aliphatic rings. The van der Waals surface area contributed by atoms with Crippen LogP contribution in [0.2, 0.25) is 0 Å². The van der Waals surface area contributed by atoms with Gasteiger partial charge in [-0.3, -0.25) is 0 Å². The molecule has 0 spiro atoms. The molecule has 0 amide bonds. The van der Waals surface area contributed by atoms with E-state index >= 15 is 0 Å². The molecule has 1 atom stereocenters. The fourth-order valence-corrected chi connectivity index (χ4v) is 2.10. The number of benzene rings is 2. The van der Waals surface area contributed by atoms with Gasteiger partial charge in [-0.2, -0.15) is 0 Å². The maximum absolute atomic E-state index is 14.0. The van der Waals surface area contributed by atoms with Gasteiger partial charge in [0.1, 0.15) is 12.4 Å². The van der Waals surface area contributed by atoms with Crippen LogP contribution >= 0.6 is 0 Å². The van der Waals surface area contributed by atoms with Crippen molar-refractivity contribution in [2.45, 2.75) is 26.5 Å². The monoisotopic (exact) mass is 289 g/mol. The first-order valence-corrected chi connectivity index (χ1v) is 6.83. The Hall–Kier alpha value is -2.07. The van der Waals surface area contributed by atoms with Crippen molar-refractivity contribution in [1.82, 2.24) is 0 Å². The zero-order chi connectivity index (χ0) is 15.4. The van der Waals surface area contributed by atoms with Gasteiger partial charge in [0.2, 0.25) is 0 Å². The first-order chi connectivity index (χ1) is 10.0. The van der Waals surface area contributed by atoms with Crippen molar-refractivity contribution < 1.29 is 13.9 Å². The summed E-state index contributed by atoms with van der Waals surface area (Å²) >= 11 is 0. The van der Waals surface area contributed by atoms with Crippen LogP contribution in [0.3, 0.4) is 0 Å². The average Bonchev–Trinajstić information content (AvgIpc) is 2.47. The number of hydrogen-bond donors (Lipinski definition) is 1. The topological polar surface area (TPSA) is 44.5 Å². The van der Waals surface area contributed by atoms with Crippen LogP contribution < -0.4 is 15.2 Å². The summed E-state index contributed by atoms with van der Waals surface area (Å²) in [5, 5.41) is 0. The van der Waals surface area contributed by atoms with Crippen LogP contribution in [-0.2, 0) is 6.61 Å². The second kappa shape index (κ2) is 6.59. The summed E-state index contributed by atoms with van der Waals surface area (Å²) in [6.45, 7) is 4.03. The van der Waals surface area contributed by atoms with Crippen molar-refractivity contribution in [3.8, 4) is 11.5 Å². The Morgan fingerprint density at radius 3 is 2.57 bits per heavy atom. The molecule has 0 saturated carbocycles. The zero-order valence-corrected chi connectivity index (χ0v) is 12.5. The van der Waals surface area contributed by atoms with Crippen LogP contribution in [0.4, 0.5) is 4.39 Å². The largest absolute Gasteiger partial charge is 0.494 e. The number of halogens is 1. The van der Waals surface area contributed by atoms with E-state index in [0.717, 1.165) is 16.9 Å². The van der Waals surface area contributed by atoms with Crippen molar-refractivity contribution in [3.05, 3.63) is 58.9 Å². The first-order valence-electron chi connectivity index (χ1n) is 6.83. The Morgan fingerprint density at radius 1 is 1.19 bits per heavy atom. The Balaban J connectivity index is 2.13. The van der Waals surface area contributed by atoms with Crippen LogP contribution in [0.15, 0.2) is 36.4 Å². The number of methoxy groups -OCH3 is 1. The van der Waals surface area contributed by atoms with E-state index in [1.54, 1.807) is 18.2 Å². The molecular weight excluding hydrogens is 269 g/mol. The molecule has 0 saturated heterocycles. The quantitative estimate of drug-likeness (QED) is 0.912. The summed E-state index contributed by atoms with van der Waals surface area (Å²) < 4.78 is 24.7. The molecule has 3 nitrogen and oxygen atoms in total. The molecule has 4 heteroatoms. The van der Waals surface area contributed by atoms with Gasteiger partial charge >= 0.3 is 0 Å². The fourth-order valence-electron chi connectivity index (χ4n) is 2.10. The Bertz CT molecular complexity index is 626. The minimum absolute atomic E-state index is 0.0198. The van der Waals surface area contributed by atoms with Gasteiger partial charge < -0.3 is 15.2 Å². The Kier molecular flexibility index (Phi) is 4.81. The number of aryl methyl sites for hydroxylation is 1. The van der Waals surface area contributed by atoms with Crippen LogP contribution in [0.1, 0.15) is 29.7 Å². The highest BCUT2D eigenvalue weighted by atomic mass is 19.1. The van der Waals surface area contributed by atoms with E-state index in [-0.39, 0.29) is 24.2 Å². The molecule has 0 aliphatic heterocycles. The van der Waals surface area contributed by atoms with Crippen molar-refractivity contribution in [1.29, 1.82) is 0 Å². The molecule has 0 radical (unpaired) electrons. The highest BCUT2D eigenvalue weighted by molar-refractivity contribution is 5.38. The van der Waals surface area contributed by atoms with Gasteiger partial charge in [0.25, 0.3) is 0 Å². The maximum Gasteiger partial charge on any atom is 0.171 e. The van der Waals surface area contributed by atoms with Gasteiger partial charge in [-0.25, -0.2) is 4.39 Å². The van der Waals surface area contributed by atoms with E-state index in [1.165, 1.54) is 7.11 Å². The molecule has 2 aromatic carbocycles. The predicted molar refractivity (Wildman–Crippen MR) is 81.1 cm³/mol. The second-order valence-electron chi connectivity index (χ2n) is 5.04. The average molecular weight is 289 g/mol. The van der Waals surface area contributed by atoms with E-state index in [0.29, 0.717) is 5.56 Å². The summed E-state index contributed by atoms with van der Waals surface area (Å²) in [7, 11) is 1.44. The van der Waals surface area contributed by atoms with Crippen LogP contribution in [-0.4, -0.2) is 7.11 Å². The number of rotatable bonds is 5. The van der Waals surface area contributed by atoms with Crippen molar-refractivity contribution in [3.63, 3.8) is 0 Å². The number of hydrogen-bond acceptors (Lipinski definition) is 3. The molecule has 0 heterocycles. The van der Waals surface area contributed by atoms with E-state index in [4.69, 9.17) is 15.2 Å². The lowest BCUT2D eigenvalue weighted by Crippen LogP contribution is -2.06. The van der Waals surface area contributed by atoms with E-state index in [2.05, 4.69) is 0 Å². The van der Waals surface area contributed by atoms with Crippen LogP contribution in [0.25, 0.3) is 0 Å². The lowest BCUT2D eigenvalue weighted by atomic mass is 10.1. The summed E-state index contributed by atoms with van der Waals surface area (Å²) in [4.78, 5) is 0. The molecule has 0 aliphatic carbocycles. The summed E-state index contributed by atoms with van der Waals surface area (Å²) in [6.07, 6.45) is 0. The molecule has 21 heavy (non-hydrogen) atoms. The van der Waals surface area contributed by atoms with Crippen molar-refractivity contribution in [2.75, 3.05) is 7.11 Å². The van der Waals surface area contributed by atoms with Gasteiger partial charge in [-0.05, 0) is 37.1 Å². The summed E-state index contributed by atoms with van der Waals surface area (Å²) in [5.41, 5.74) is 8.34. The third-order valence-electron chi connectivity index (χ3n) is 3.37. The minimum Gasteiger partial charge on any atom is -0.494 e. The standard InChI is InChI=1S/C17H20FNO2/c1-11-9-13(12(2)19)7-8-15(11)21-10-14-5-4-6-16(20-3)17(14)18/h4-9,12H,10,19H2,1-3H3. The van der Waals surface area contributed by atoms with E-state index in [9.17, 15) is 4.39 Å². The Labute approximate surface area is 124 Å². The molecule has 2 rings (SSSR count). The normalized spacial score (nSPS) is 12.0. The SMILES string of the molecule is COc1cccc(COc2ccc(C(C)N)cc2C)c1F. The highest BCUT2D eigenvalue weighted by Gasteiger charge is 2.10. The minimum atomic E-state index is -0.384. The molecule has 0 bridgehead atoms. The predicted octanol–water partition coefficient (Wildman–Crippen LogP) is 3.74. The highest BCUT2D eigenvalue weighted by Crippen LogP contribution is 2.25. The third kappa shape index (κ3) is 3.52. The smallest absolute Gasteiger partial charge is 0.171 e. The molecule has 2 N–H and O–H groups in total. The molecule has 0 aromatic heterocycles. The van der Waals surface area contributed by atoms with Gasteiger partial charge in [-0.1, -0.05) is 24.3 Å². The zero-order valence-electron chi connectivity index (χ0n) is 12.5. The van der Waals surface area contributed by atoms with Gasteiger partial charge in [-0.15, -0.1) is 0 Å². The lowest BCUT2D eigenvalue weighted by Gasteiger charge is -2.13. The molecule has 112 valence electrons. The van der Waals surface area contributed by atoms with Gasteiger partial charge in [0.05, 0.1) is 7.11 Å². The second-order valence-corrected chi connectivity index (χ2v) is 5.04. The van der Waals surface area contributed by atoms with E-state index in [1.807, 2.05) is 32.0 Å². The fraction of sp³-hybridized carbons (Fsp3) is 0.294. The number of ether oxygens (including phenoxy) is 2. The van der Waals surface area contributed by atoms with Crippen molar-refractivity contribution >= 4 is 0 Å². The molecule has 0 fully saturated rings. The molecular formula is C17H20FNO2. The lowest BCUT2D eigenvalue weighted by molar-refractivity contribution is 0.293. The summed E-state index contributed by atoms with van der Waals surface area (Å²) in [5.74, 6) is 0.562. The van der Waals surface area contributed by atoms with Crippen LogP contribution in [0.5, 0.6) is 11.5 Å². The molecule has 2 aromatic rings. The maximum atomic E-state index is 14.0. The summed E-state index contributed by atoms with van der Waals surface area (Å²) in [6, 6.07) is 10.8. The molecule has 1 unspecified atom stereocenters.